The maximum atomic E-state index is 12.9. The second kappa shape index (κ2) is 6.23. The lowest BCUT2D eigenvalue weighted by Crippen LogP contribution is -2.15. The van der Waals surface area contributed by atoms with Gasteiger partial charge in [-0.05, 0) is 36.4 Å². The Morgan fingerprint density at radius 2 is 1.50 bits per heavy atom. The molecule has 0 radical (unpaired) electrons. The zero-order valence-electron chi connectivity index (χ0n) is 13.4. The second-order valence-corrected chi connectivity index (χ2v) is 7.23. The van der Waals surface area contributed by atoms with Gasteiger partial charge in [-0.15, -0.1) is 4.40 Å². The van der Waals surface area contributed by atoms with Crippen molar-refractivity contribution in [3.63, 3.8) is 0 Å². The molecule has 0 atom stereocenters. The molecule has 146 valence electrons. The van der Waals surface area contributed by atoms with Crippen LogP contribution < -0.4 is 5.32 Å². The SMILES string of the molecule is N#Cc1ccc2c(c1)S(=O)(=O)N=C2Nc1cc(C(F)(F)F)cc(C(F)(F)F)c1. The van der Waals surface area contributed by atoms with Gasteiger partial charge in [-0.3, -0.25) is 0 Å². The van der Waals surface area contributed by atoms with E-state index in [1.54, 1.807) is 6.07 Å². The number of hydrogen-bond acceptors (Lipinski definition) is 4. The van der Waals surface area contributed by atoms with Crippen LogP contribution in [0.15, 0.2) is 45.7 Å². The van der Waals surface area contributed by atoms with E-state index < -0.39 is 45.0 Å². The first kappa shape index (κ1) is 19.7. The fourth-order valence-corrected chi connectivity index (χ4v) is 3.67. The molecule has 0 spiro atoms. The highest BCUT2D eigenvalue weighted by Gasteiger charge is 2.37. The fraction of sp³-hybridized carbons (Fsp3) is 0.125. The van der Waals surface area contributed by atoms with Crippen LogP contribution in [0.1, 0.15) is 22.3 Å². The average Bonchev–Trinajstić information content (AvgIpc) is 2.83. The number of alkyl halides is 6. The van der Waals surface area contributed by atoms with Gasteiger partial charge in [0.15, 0.2) is 5.84 Å². The van der Waals surface area contributed by atoms with E-state index in [1.165, 1.54) is 12.1 Å². The van der Waals surface area contributed by atoms with Crippen LogP contribution >= 0.6 is 0 Å². The highest BCUT2D eigenvalue weighted by atomic mass is 32.2. The van der Waals surface area contributed by atoms with Crippen LogP contribution in [0.3, 0.4) is 0 Å². The van der Waals surface area contributed by atoms with Crippen molar-refractivity contribution in [1.82, 2.24) is 0 Å². The number of fused-ring (bicyclic) bond motifs is 1. The van der Waals surface area contributed by atoms with Gasteiger partial charge in [0.2, 0.25) is 0 Å². The summed E-state index contributed by atoms with van der Waals surface area (Å²) < 4.78 is 105. The number of nitriles is 1. The molecule has 0 saturated heterocycles. The molecule has 1 heterocycles. The zero-order chi connectivity index (χ0) is 20.9. The Hall–Kier alpha value is -3.07. The number of rotatable bonds is 1. The summed E-state index contributed by atoms with van der Waals surface area (Å²) in [5.74, 6) is -0.452. The van der Waals surface area contributed by atoms with Crippen molar-refractivity contribution < 1.29 is 34.8 Å². The van der Waals surface area contributed by atoms with Gasteiger partial charge in [-0.25, -0.2) is 0 Å². The largest absolute Gasteiger partial charge is 0.416 e. The molecule has 0 bridgehead atoms. The summed E-state index contributed by atoms with van der Waals surface area (Å²) in [7, 11) is -4.25. The van der Waals surface area contributed by atoms with E-state index in [0.29, 0.717) is 12.1 Å². The number of nitrogens with one attached hydrogen (secondary N) is 1. The van der Waals surface area contributed by atoms with E-state index in [-0.39, 0.29) is 22.1 Å². The molecule has 1 aliphatic heterocycles. The van der Waals surface area contributed by atoms with Gasteiger partial charge in [-0.2, -0.15) is 40.0 Å². The molecule has 2 aromatic carbocycles. The molecule has 5 nitrogen and oxygen atoms in total. The highest BCUT2D eigenvalue weighted by Crippen LogP contribution is 2.38. The zero-order valence-corrected chi connectivity index (χ0v) is 14.2. The number of sulfonamides is 1. The van der Waals surface area contributed by atoms with Crippen molar-refractivity contribution in [2.45, 2.75) is 17.2 Å². The molecule has 0 saturated carbocycles. The van der Waals surface area contributed by atoms with E-state index >= 15 is 0 Å². The average molecular weight is 419 g/mol. The summed E-state index contributed by atoms with van der Waals surface area (Å²) >= 11 is 0. The maximum absolute atomic E-state index is 12.9. The fourth-order valence-electron chi connectivity index (χ4n) is 2.47. The molecule has 1 N–H and O–H groups in total. The standard InChI is InChI=1S/C16H7F6N3O2S/c17-15(18,19)9-4-10(16(20,21)22)6-11(5-9)24-14-12-2-1-8(7-23)3-13(12)28(26,27)25-14/h1-6H,(H,24,25). The number of nitrogens with zero attached hydrogens (tertiary/aromatic N) is 2. The normalized spacial score (nSPS) is 15.5. The van der Waals surface area contributed by atoms with E-state index in [2.05, 4.69) is 9.71 Å². The molecule has 0 aliphatic carbocycles. The van der Waals surface area contributed by atoms with Crippen LogP contribution in [0.25, 0.3) is 0 Å². The number of halogens is 6. The van der Waals surface area contributed by atoms with Crippen molar-refractivity contribution in [1.29, 1.82) is 5.26 Å². The summed E-state index contributed by atoms with van der Waals surface area (Å²) in [6, 6.07) is 5.92. The lowest BCUT2D eigenvalue weighted by molar-refractivity contribution is -0.143. The summed E-state index contributed by atoms with van der Waals surface area (Å²) in [4.78, 5) is -0.378. The number of benzene rings is 2. The van der Waals surface area contributed by atoms with Crippen LogP contribution in [0, 0.1) is 11.3 Å². The van der Waals surface area contributed by atoms with Gasteiger partial charge in [-0.1, -0.05) is 0 Å². The Labute approximate surface area is 154 Å². The van der Waals surface area contributed by atoms with Gasteiger partial charge in [0.1, 0.15) is 4.90 Å². The Morgan fingerprint density at radius 3 is 2.00 bits per heavy atom. The van der Waals surface area contributed by atoms with Gasteiger partial charge >= 0.3 is 12.4 Å². The van der Waals surface area contributed by atoms with E-state index in [9.17, 15) is 34.8 Å². The third kappa shape index (κ3) is 3.65. The molecule has 0 fully saturated rings. The van der Waals surface area contributed by atoms with Crippen molar-refractivity contribution in [2.75, 3.05) is 5.32 Å². The summed E-state index contributed by atoms with van der Waals surface area (Å²) in [5.41, 5.74) is -3.85. The molecule has 2 aromatic rings. The molecule has 3 rings (SSSR count). The summed E-state index contributed by atoms with van der Waals surface area (Å²) in [5, 5.41) is 11.0. The van der Waals surface area contributed by atoms with Gasteiger partial charge in [0, 0.05) is 11.3 Å². The topological polar surface area (TPSA) is 82.3 Å². The molecular formula is C16H7F6N3O2S. The van der Waals surface area contributed by atoms with E-state index in [1.807, 2.05) is 0 Å². The van der Waals surface area contributed by atoms with Crippen LogP contribution in [0.2, 0.25) is 0 Å². The minimum absolute atomic E-state index is 0.00259. The highest BCUT2D eigenvalue weighted by molar-refractivity contribution is 7.90. The molecular weight excluding hydrogens is 412 g/mol. The molecule has 0 unspecified atom stereocenters. The minimum Gasteiger partial charge on any atom is -0.339 e. The molecule has 28 heavy (non-hydrogen) atoms. The van der Waals surface area contributed by atoms with Crippen molar-refractivity contribution in [3.8, 4) is 6.07 Å². The van der Waals surface area contributed by atoms with Gasteiger partial charge in [0.25, 0.3) is 10.0 Å². The van der Waals surface area contributed by atoms with Crippen molar-refractivity contribution in [2.24, 2.45) is 4.40 Å². The first-order valence-corrected chi connectivity index (χ1v) is 8.71. The van der Waals surface area contributed by atoms with E-state index in [4.69, 9.17) is 5.26 Å². The molecule has 0 aromatic heterocycles. The first-order chi connectivity index (χ1) is 12.8. The summed E-state index contributed by atoms with van der Waals surface area (Å²) in [6.07, 6.45) is -10.1. The first-order valence-electron chi connectivity index (χ1n) is 7.27. The summed E-state index contributed by atoms with van der Waals surface area (Å²) in [6.45, 7) is 0. The van der Waals surface area contributed by atoms with Crippen LogP contribution in [0.5, 0.6) is 0 Å². The van der Waals surface area contributed by atoms with E-state index in [0.717, 1.165) is 6.07 Å². The molecule has 12 heteroatoms. The predicted molar refractivity (Wildman–Crippen MR) is 84.9 cm³/mol. The van der Waals surface area contributed by atoms with Crippen LogP contribution in [-0.2, 0) is 22.4 Å². The third-order valence-electron chi connectivity index (χ3n) is 3.71. The number of hydrogen-bond donors (Lipinski definition) is 1. The number of amidine groups is 1. The van der Waals surface area contributed by atoms with Crippen LogP contribution in [0.4, 0.5) is 32.0 Å². The second-order valence-electron chi connectivity index (χ2n) is 5.66. The monoisotopic (exact) mass is 419 g/mol. The molecule has 0 amide bonds. The lowest BCUT2D eigenvalue weighted by Gasteiger charge is -2.15. The van der Waals surface area contributed by atoms with Crippen molar-refractivity contribution in [3.05, 3.63) is 58.7 Å². The Balaban J connectivity index is 2.10. The number of anilines is 1. The van der Waals surface area contributed by atoms with Crippen LogP contribution in [-0.4, -0.2) is 14.3 Å². The maximum Gasteiger partial charge on any atom is 0.416 e. The smallest absolute Gasteiger partial charge is 0.339 e. The van der Waals surface area contributed by atoms with Gasteiger partial charge in [0.05, 0.1) is 22.8 Å². The quantitative estimate of drug-likeness (QED) is 0.704. The molecule has 1 aliphatic rings. The Kier molecular flexibility index (Phi) is 4.38. The minimum atomic E-state index is -5.05. The third-order valence-corrected chi connectivity index (χ3v) is 5.02. The van der Waals surface area contributed by atoms with Crippen molar-refractivity contribution >= 4 is 21.5 Å². The van der Waals surface area contributed by atoms with Gasteiger partial charge < -0.3 is 5.32 Å². The Bertz CT molecular complexity index is 1110. The Morgan fingerprint density at radius 1 is 0.929 bits per heavy atom. The predicted octanol–water partition coefficient (Wildman–Crippen LogP) is 4.16. The lowest BCUT2D eigenvalue weighted by atomic mass is 10.1.